The molecule has 0 aliphatic carbocycles. The lowest BCUT2D eigenvalue weighted by Crippen LogP contribution is -2.35. The highest BCUT2D eigenvalue weighted by Gasteiger charge is 2.36. The molecule has 4 nitrogen and oxygen atoms in total. The van der Waals surface area contributed by atoms with E-state index >= 15 is 0 Å². The Morgan fingerprint density at radius 3 is 2.75 bits per heavy atom. The summed E-state index contributed by atoms with van der Waals surface area (Å²) in [5, 5.41) is 2.94. The number of nitrogens with zero attached hydrogens (tertiary/aromatic N) is 2. The molecule has 7 heteroatoms. The van der Waals surface area contributed by atoms with E-state index in [4.69, 9.17) is 0 Å². The van der Waals surface area contributed by atoms with Gasteiger partial charge in [0.15, 0.2) is 0 Å². The van der Waals surface area contributed by atoms with Crippen LogP contribution in [0.2, 0.25) is 0 Å². The van der Waals surface area contributed by atoms with E-state index in [1.807, 2.05) is 49.6 Å². The Bertz CT molecular complexity index is 1000. The van der Waals surface area contributed by atoms with E-state index < -0.39 is 10.0 Å². The Hall–Kier alpha value is -1.70. The number of aromatic nitrogens is 1. The zero-order valence-electron chi connectivity index (χ0n) is 13.3. The highest BCUT2D eigenvalue weighted by atomic mass is 32.2. The first kappa shape index (κ1) is 15.8. The van der Waals surface area contributed by atoms with Crippen molar-refractivity contribution in [3.05, 3.63) is 52.3 Å². The van der Waals surface area contributed by atoms with Crippen LogP contribution in [-0.4, -0.2) is 19.4 Å². The van der Waals surface area contributed by atoms with Gasteiger partial charge in [0.1, 0.15) is 4.21 Å². The minimum atomic E-state index is -3.55. The zero-order valence-corrected chi connectivity index (χ0v) is 15.7. The molecular weight excluding hydrogens is 360 g/mol. The summed E-state index contributed by atoms with van der Waals surface area (Å²) in [5.74, 6) is 0. The van der Waals surface area contributed by atoms with Gasteiger partial charge in [-0.3, -0.25) is 4.31 Å². The lowest BCUT2D eigenvalue weighted by Gasteiger charge is -2.23. The second kappa shape index (κ2) is 5.68. The quantitative estimate of drug-likeness (QED) is 0.684. The fraction of sp³-hybridized carbons (Fsp3) is 0.235. The third kappa shape index (κ3) is 2.47. The van der Waals surface area contributed by atoms with Crippen LogP contribution in [0.25, 0.3) is 10.6 Å². The van der Waals surface area contributed by atoms with Gasteiger partial charge in [-0.2, -0.15) is 0 Å². The predicted molar refractivity (Wildman–Crippen MR) is 99.4 cm³/mol. The summed E-state index contributed by atoms with van der Waals surface area (Å²) < 4.78 is 28.3. The second-order valence-corrected chi connectivity index (χ2v) is 10.0. The highest BCUT2D eigenvalue weighted by molar-refractivity contribution is 7.94. The molecule has 1 atom stereocenters. The van der Waals surface area contributed by atoms with Gasteiger partial charge in [-0.25, -0.2) is 13.4 Å². The van der Waals surface area contributed by atoms with E-state index in [2.05, 4.69) is 4.98 Å². The number of para-hydroxylation sites is 1. The van der Waals surface area contributed by atoms with Crippen molar-refractivity contribution in [3.63, 3.8) is 0 Å². The molecule has 1 aliphatic heterocycles. The molecule has 0 amide bonds. The molecule has 1 aromatic carbocycles. The van der Waals surface area contributed by atoms with Crippen molar-refractivity contribution in [1.82, 2.24) is 4.98 Å². The van der Waals surface area contributed by atoms with Crippen molar-refractivity contribution in [1.29, 1.82) is 0 Å². The number of benzene rings is 1. The van der Waals surface area contributed by atoms with E-state index in [-0.39, 0.29) is 6.04 Å². The maximum absolute atomic E-state index is 13.2. The molecule has 0 radical (unpaired) electrons. The third-order valence-electron chi connectivity index (χ3n) is 4.11. The second-order valence-electron chi connectivity index (χ2n) is 5.85. The molecular formula is C17H16N2O2S3. The molecule has 0 N–H and O–H groups in total. The van der Waals surface area contributed by atoms with Crippen molar-refractivity contribution >= 4 is 38.4 Å². The van der Waals surface area contributed by atoms with Crippen LogP contribution >= 0.6 is 22.7 Å². The summed E-state index contributed by atoms with van der Waals surface area (Å²) in [6.07, 6.45) is 0.749. The van der Waals surface area contributed by atoms with Gasteiger partial charge in [0.05, 0.1) is 21.3 Å². The third-order valence-corrected chi connectivity index (χ3v) is 8.39. The van der Waals surface area contributed by atoms with Crippen LogP contribution in [0, 0.1) is 6.92 Å². The summed E-state index contributed by atoms with van der Waals surface area (Å²) in [6, 6.07) is 11.2. The highest BCUT2D eigenvalue weighted by Crippen LogP contribution is 2.39. The van der Waals surface area contributed by atoms with Crippen LogP contribution in [0.5, 0.6) is 0 Å². The first-order valence-corrected chi connectivity index (χ1v) is 10.7. The normalized spacial score (nSPS) is 17.2. The number of hydrogen-bond donors (Lipinski definition) is 0. The molecule has 0 bridgehead atoms. The average molecular weight is 377 g/mol. The maximum Gasteiger partial charge on any atom is 0.274 e. The van der Waals surface area contributed by atoms with E-state index in [0.29, 0.717) is 4.21 Å². The van der Waals surface area contributed by atoms with Crippen LogP contribution in [0.3, 0.4) is 0 Å². The van der Waals surface area contributed by atoms with Gasteiger partial charge in [0, 0.05) is 11.4 Å². The lowest BCUT2D eigenvalue weighted by molar-refractivity contribution is 0.586. The molecule has 124 valence electrons. The molecule has 0 fully saturated rings. The predicted octanol–water partition coefficient (Wildman–Crippen LogP) is 4.32. The van der Waals surface area contributed by atoms with Crippen LogP contribution in [-0.2, 0) is 16.4 Å². The Balaban J connectivity index is 1.75. The van der Waals surface area contributed by atoms with Crippen LogP contribution in [0.4, 0.5) is 5.69 Å². The van der Waals surface area contributed by atoms with Gasteiger partial charge in [0.25, 0.3) is 10.0 Å². The first-order chi connectivity index (χ1) is 11.5. The molecule has 0 spiro atoms. The Morgan fingerprint density at radius 1 is 1.21 bits per heavy atom. The smallest absolute Gasteiger partial charge is 0.262 e. The molecule has 3 heterocycles. The van der Waals surface area contributed by atoms with Gasteiger partial charge >= 0.3 is 0 Å². The average Bonchev–Trinajstić information content (AvgIpc) is 3.23. The van der Waals surface area contributed by atoms with Gasteiger partial charge < -0.3 is 0 Å². The monoisotopic (exact) mass is 376 g/mol. The maximum atomic E-state index is 13.2. The summed E-state index contributed by atoms with van der Waals surface area (Å²) in [5.41, 5.74) is 2.73. The van der Waals surface area contributed by atoms with Crippen molar-refractivity contribution < 1.29 is 8.42 Å². The fourth-order valence-electron chi connectivity index (χ4n) is 3.07. The number of anilines is 1. The summed E-state index contributed by atoms with van der Waals surface area (Å²) in [6.45, 7) is 3.90. The Kier molecular flexibility index (Phi) is 3.74. The standard InChI is InChI=1S/C17H16N2O2S3/c1-11-9-13-5-3-4-6-15(13)19(11)24(20,21)17-8-7-16(23-17)14-10-22-12(2)18-14/h3-8,10-11H,9H2,1-2H3/t11-/m1/s1. The molecule has 0 saturated heterocycles. The van der Waals surface area contributed by atoms with Crippen LogP contribution < -0.4 is 4.31 Å². The molecule has 0 saturated carbocycles. The van der Waals surface area contributed by atoms with Gasteiger partial charge in [-0.1, -0.05) is 18.2 Å². The number of sulfonamides is 1. The number of thiazole rings is 1. The van der Waals surface area contributed by atoms with E-state index in [9.17, 15) is 8.42 Å². The lowest BCUT2D eigenvalue weighted by atomic mass is 10.1. The van der Waals surface area contributed by atoms with E-state index in [1.54, 1.807) is 21.7 Å². The zero-order chi connectivity index (χ0) is 16.9. The van der Waals surface area contributed by atoms with Crippen molar-refractivity contribution in [3.8, 4) is 10.6 Å². The Labute approximate surface area is 149 Å². The fourth-order valence-corrected chi connectivity index (χ4v) is 6.81. The first-order valence-electron chi connectivity index (χ1n) is 7.61. The van der Waals surface area contributed by atoms with E-state index in [0.717, 1.165) is 33.3 Å². The molecule has 2 aromatic heterocycles. The Morgan fingerprint density at radius 2 is 2.00 bits per heavy atom. The molecule has 0 unspecified atom stereocenters. The molecule has 4 rings (SSSR count). The summed E-state index contributed by atoms with van der Waals surface area (Å²) in [7, 11) is -3.55. The molecule has 24 heavy (non-hydrogen) atoms. The van der Waals surface area contributed by atoms with Crippen LogP contribution in [0.15, 0.2) is 46.0 Å². The number of thiophene rings is 1. The molecule has 1 aliphatic rings. The number of aryl methyl sites for hydroxylation is 1. The van der Waals surface area contributed by atoms with E-state index in [1.165, 1.54) is 11.3 Å². The largest absolute Gasteiger partial charge is 0.274 e. The SMILES string of the molecule is Cc1nc(-c2ccc(S(=O)(=O)N3c4ccccc4C[C@H]3C)s2)cs1. The topological polar surface area (TPSA) is 50.3 Å². The van der Waals surface area contributed by atoms with Crippen molar-refractivity contribution in [2.24, 2.45) is 0 Å². The van der Waals surface area contributed by atoms with Gasteiger partial charge in [-0.15, -0.1) is 22.7 Å². The van der Waals surface area contributed by atoms with Crippen molar-refractivity contribution in [2.45, 2.75) is 30.5 Å². The summed E-state index contributed by atoms with van der Waals surface area (Å²) in [4.78, 5) is 5.33. The minimum Gasteiger partial charge on any atom is -0.262 e. The number of hydrogen-bond acceptors (Lipinski definition) is 5. The van der Waals surface area contributed by atoms with Crippen LogP contribution in [0.1, 0.15) is 17.5 Å². The van der Waals surface area contributed by atoms with Gasteiger partial charge in [0.2, 0.25) is 0 Å². The number of fused-ring (bicyclic) bond motifs is 1. The van der Waals surface area contributed by atoms with Crippen molar-refractivity contribution in [2.75, 3.05) is 4.31 Å². The minimum absolute atomic E-state index is 0.0699. The summed E-state index contributed by atoms with van der Waals surface area (Å²) >= 11 is 2.85. The molecule has 3 aromatic rings. The van der Waals surface area contributed by atoms with Gasteiger partial charge in [-0.05, 0) is 44.0 Å². The number of rotatable bonds is 3.